The number of benzene rings is 2. The number of hydrogen-bond donors (Lipinski definition) is 2. The number of ether oxygens (including phenoxy) is 4. The third-order valence-electron chi connectivity index (χ3n) is 6.09. The van der Waals surface area contributed by atoms with Crippen LogP contribution >= 0.6 is 11.3 Å². The second kappa shape index (κ2) is 13.0. The van der Waals surface area contributed by atoms with Gasteiger partial charge in [0.15, 0.2) is 10.8 Å². The molecule has 2 N–H and O–H groups in total. The summed E-state index contributed by atoms with van der Waals surface area (Å²) in [4.78, 5) is 57.1. The SMILES string of the molecule is COCCOc1ccc([C@H]2NC(=O)N([C@@H](Cc3ccccc3OC)C(=O)Nc3nc(C(=O)OC)cs3)C2=O)cc1. The van der Waals surface area contributed by atoms with E-state index in [0.29, 0.717) is 35.8 Å². The van der Waals surface area contributed by atoms with Crippen LogP contribution in [0.5, 0.6) is 11.5 Å². The summed E-state index contributed by atoms with van der Waals surface area (Å²) >= 11 is 1.01. The summed E-state index contributed by atoms with van der Waals surface area (Å²) in [5, 5.41) is 6.84. The molecule has 210 valence electrons. The van der Waals surface area contributed by atoms with Crippen molar-refractivity contribution in [2.45, 2.75) is 18.5 Å². The zero-order chi connectivity index (χ0) is 28.6. The first-order chi connectivity index (χ1) is 19.4. The summed E-state index contributed by atoms with van der Waals surface area (Å²) in [6.07, 6.45) is -0.0246. The molecule has 1 aliphatic heterocycles. The average molecular weight is 569 g/mol. The van der Waals surface area contributed by atoms with Gasteiger partial charge in [-0.1, -0.05) is 30.3 Å². The van der Waals surface area contributed by atoms with Crippen molar-refractivity contribution in [1.82, 2.24) is 15.2 Å². The van der Waals surface area contributed by atoms with Crippen molar-refractivity contribution in [3.05, 3.63) is 70.7 Å². The highest BCUT2D eigenvalue weighted by molar-refractivity contribution is 7.14. The molecule has 2 aromatic carbocycles. The van der Waals surface area contributed by atoms with Gasteiger partial charge in [-0.15, -0.1) is 11.3 Å². The van der Waals surface area contributed by atoms with Crippen molar-refractivity contribution in [1.29, 1.82) is 0 Å². The van der Waals surface area contributed by atoms with E-state index in [2.05, 4.69) is 20.4 Å². The number of thiazole rings is 1. The molecule has 0 saturated carbocycles. The normalized spacial score (nSPS) is 15.4. The molecular weight excluding hydrogens is 540 g/mol. The third-order valence-corrected chi connectivity index (χ3v) is 6.85. The van der Waals surface area contributed by atoms with Gasteiger partial charge in [0.05, 0.1) is 20.8 Å². The van der Waals surface area contributed by atoms with Crippen molar-refractivity contribution in [2.24, 2.45) is 0 Å². The lowest BCUT2D eigenvalue weighted by Crippen LogP contribution is -2.49. The summed E-state index contributed by atoms with van der Waals surface area (Å²) in [5.41, 5.74) is 1.16. The molecule has 2 heterocycles. The molecule has 0 radical (unpaired) electrons. The van der Waals surface area contributed by atoms with E-state index in [1.807, 2.05) is 0 Å². The van der Waals surface area contributed by atoms with Crippen LogP contribution < -0.4 is 20.1 Å². The fourth-order valence-electron chi connectivity index (χ4n) is 4.11. The van der Waals surface area contributed by atoms with Gasteiger partial charge >= 0.3 is 12.0 Å². The van der Waals surface area contributed by atoms with Crippen LogP contribution in [0.4, 0.5) is 9.93 Å². The Morgan fingerprint density at radius 1 is 1.07 bits per heavy atom. The molecule has 0 unspecified atom stereocenters. The third kappa shape index (κ3) is 6.38. The van der Waals surface area contributed by atoms with Gasteiger partial charge in [0.25, 0.3) is 5.91 Å². The molecule has 0 spiro atoms. The minimum atomic E-state index is -1.25. The van der Waals surface area contributed by atoms with Crippen molar-refractivity contribution >= 4 is 40.3 Å². The van der Waals surface area contributed by atoms with Crippen LogP contribution in [-0.4, -0.2) is 74.3 Å². The Balaban J connectivity index is 1.59. The van der Waals surface area contributed by atoms with Gasteiger partial charge < -0.3 is 29.6 Å². The molecule has 12 nitrogen and oxygen atoms in total. The molecule has 0 aliphatic carbocycles. The zero-order valence-corrected chi connectivity index (χ0v) is 22.9. The van der Waals surface area contributed by atoms with E-state index < -0.39 is 35.9 Å². The number of carbonyl (C=O) groups is 4. The second-order valence-electron chi connectivity index (χ2n) is 8.55. The van der Waals surface area contributed by atoms with Gasteiger partial charge in [-0.3, -0.25) is 9.59 Å². The number of nitrogens with zero attached hydrogens (tertiary/aromatic N) is 2. The molecule has 1 saturated heterocycles. The lowest BCUT2D eigenvalue weighted by Gasteiger charge is -2.25. The Bertz CT molecular complexity index is 1380. The van der Waals surface area contributed by atoms with Crippen LogP contribution in [0.25, 0.3) is 0 Å². The number of imide groups is 1. The van der Waals surface area contributed by atoms with Gasteiger partial charge in [0.1, 0.15) is 30.2 Å². The lowest BCUT2D eigenvalue weighted by atomic mass is 10.0. The number of nitrogens with one attached hydrogen (secondary N) is 2. The number of urea groups is 1. The first-order valence-electron chi connectivity index (χ1n) is 12.2. The van der Waals surface area contributed by atoms with Crippen molar-refractivity contribution in [2.75, 3.05) is 39.9 Å². The molecule has 4 amide bonds. The quantitative estimate of drug-likeness (QED) is 0.191. The van der Waals surface area contributed by atoms with Crippen molar-refractivity contribution in [3.63, 3.8) is 0 Å². The van der Waals surface area contributed by atoms with Crippen LogP contribution in [0.2, 0.25) is 0 Å². The van der Waals surface area contributed by atoms with Crippen LogP contribution in [-0.2, 0) is 25.5 Å². The molecule has 3 aromatic rings. The summed E-state index contributed by atoms with van der Waals surface area (Å²) in [5.74, 6) is -0.840. The number of methoxy groups -OCH3 is 3. The number of rotatable bonds is 12. The fourth-order valence-corrected chi connectivity index (χ4v) is 4.80. The number of amides is 4. The second-order valence-corrected chi connectivity index (χ2v) is 9.41. The Morgan fingerprint density at radius 2 is 1.82 bits per heavy atom. The Kier molecular flexibility index (Phi) is 9.30. The summed E-state index contributed by atoms with van der Waals surface area (Å²) in [6.45, 7) is 0.789. The van der Waals surface area contributed by atoms with Gasteiger partial charge in [0.2, 0.25) is 5.91 Å². The van der Waals surface area contributed by atoms with E-state index in [9.17, 15) is 19.2 Å². The van der Waals surface area contributed by atoms with E-state index in [1.54, 1.807) is 55.6 Å². The zero-order valence-electron chi connectivity index (χ0n) is 22.0. The maximum atomic E-state index is 13.6. The van der Waals surface area contributed by atoms with Crippen LogP contribution in [0.3, 0.4) is 0 Å². The highest BCUT2D eigenvalue weighted by atomic mass is 32.1. The molecular formula is C27H28N4O8S. The minimum Gasteiger partial charge on any atom is -0.496 e. The highest BCUT2D eigenvalue weighted by Crippen LogP contribution is 2.29. The molecule has 13 heteroatoms. The maximum Gasteiger partial charge on any atom is 0.357 e. The van der Waals surface area contributed by atoms with Gasteiger partial charge in [-0.25, -0.2) is 19.5 Å². The van der Waals surface area contributed by atoms with Crippen LogP contribution in [0, 0.1) is 0 Å². The topological polar surface area (TPSA) is 145 Å². The number of carbonyl (C=O) groups excluding carboxylic acids is 4. The Morgan fingerprint density at radius 3 is 2.52 bits per heavy atom. The van der Waals surface area contributed by atoms with Gasteiger partial charge in [-0.2, -0.15) is 0 Å². The van der Waals surface area contributed by atoms with Crippen molar-refractivity contribution in [3.8, 4) is 11.5 Å². The predicted octanol–water partition coefficient (Wildman–Crippen LogP) is 2.81. The number of aromatic nitrogens is 1. The number of para-hydroxylation sites is 1. The lowest BCUT2D eigenvalue weighted by molar-refractivity contribution is -0.134. The standard InChI is InChI=1S/C27H28N4O8S/c1-36-12-13-39-18-10-8-16(9-11-18)22-24(33)31(27(35)29-22)20(14-17-6-4-5-7-21(17)37-2)23(32)30-26-28-19(15-40-26)25(34)38-3/h4-11,15,20,22H,12-14H2,1-3H3,(H,29,35)(H,28,30,32)/t20-,22+/m0/s1. The van der Waals surface area contributed by atoms with E-state index in [4.69, 9.17) is 14.2 Å². The Labute approximate surface area is 234 Å². The van der Waals surface area contributed by atoms with Gasteiger partial charge in [0, 0.05) is 18.9 Å². The largest absolute Gasteiger partial charge is 0.496 e. The van der Waals surface area contributed by atoms with E-state index in [1.165, 1.54) is 19.6 Å². The van der Waals surface area contributed by atoms with E-state index in [-0.39, 0.29) is 17.2 Å². The Hall–Kier alpha value is -4.49. The fraction of sp³-hybridized carbons (Fsp3) is 0.296. The first kappa shape index (κ1) is 28.5. The van der Waals surface area contributed by atoms with Crippen molar-refractivity contribution < 1.29 is 38.1 Å². The maximum absolute atomic E-state index is 13.6. The number of hydrogen-bond acceptors (Lipinski definition) is 10. The molecule has 2 atom stereocenters. The number of esters is 1. The smallest absolute Gasteiger partial charge is 0.357 e. The summed E-state index contributed by atoms with van der Waals surface area (Å²) in [6, 6.07) is 10.8. The molecule has 40 heavy (non-hydrogen) atoms. The van der Waals surface area contributed by atoms with E-state index in [0.717, 1.165) is 16.2 Å². The molecule has 4 rings (SSSR count). The predicted molar refractivity (Wildman–Crippen MR) is 145 cm³/mol. The molecule has 1 aliphatic rings. The molecule has 1 fully saturated rings. The minimum absolute atomic E-state index is 0.0220. The molecule has 1 aromatic heterocycles. The first-order valence-corrected chi connectivity index (χ1v) is 13.1. The monoisotopic (exact) mass is 568 g/mol. The van der Waals surface area contributed by atoms with E-state index >= 15 is 0 Å². The average Bonchev–Trinajstić information content (AvgIpc) is 3.55. The summed E-state index contributed by atoms with van der Waals surface area (Å²) in [7, 11) is 4.29. The summed E-state index contributed by atoms with van der Waals surface area (Å²) < 4.78 is 20.6. The highest BCUT2D eigenvalue weighted by Gasteiger charge is 2.45. The van der Waals surface area contributed by atoms with Gasteiger partial charge in [-0.05, 0) is 29.3 Å². The number of anilines is 1. The van der Waals surface area contributed by atoms with Crippen LogP contribution in [0.1, 0.15) is 27.7 Å². The van der Waals surface area contributed by atoms with Crippen LogP contribution in [0.15, 0.2) is 53.9 Å². The molecule has 0 bridgehead atoms.